The second-order valence-corrected chi connectivity index (χ2v) is 6.89. The third kappa shape index (κ3) is 5.51. The van der Waals surface area contributed by atoms with E-state index in [1.165, 1.54) is 0 Å². The summed E-state index contributed by atoms with van der Waals surface area (Å²) >= 11 is 0. The molecule has 10 heteroatoms. The summed E-state index contributed by atoms with van der Waals surface area (Å²) in [5, 5.41) is 5.49. The Balaban J connectivity index is 1.59. The highest BCUT2D eigenvalue weighted by Crippen LogP contribution is 2.21. The molecule has 1 saturated carbocycles. The predicted octanol–water partition coefficient (Wildman–Crippen LogP) is 2.42. The number of imidazole rings is 1. The van der Waals surface area contributed by atoms with Crippen molar-refractivity contribution in [3.8, 4) is 5.95 Å². The smallest absolute Gasteiger partial charge is 0.348 e. The molecule has 0 atom stereocenters. The van der Waals surface area contributed by atoms with Crippen LogP contribution in [-0.2, 0) is 6.42 Å². The monoisotopic (exact) mass is 396 g/mol. The molecule has 7 nitrogen and oxygen atoms in total. The van der Waals surface area contributed by atoms with Gasteiger partial charge < -0.3 is 10.6 Å². The zero-order chi connectivity index (χ0) is 20.1. The Hall–Kier alpha value is -2.49. The van der Waals surface area contributed by atoms with Crippen LogP contribution in [0.25, 0.3) is 5.95 Å². The number of nitrogens with one attached hydrogen (secondary N) is 2. The first-order valence-corrected chi connectivity index (χ1v) is 9.31. The molecule has 1 aliphatic carbocycles. The van der Waals surface area contributed by atoms with Gasteiger partial charge in [-0.2, -0.15) is 13.2 Å². The number of nitrogens with zero attached hydrogens (tertiary/aromatic N) is 4. The number of hydrogen-bond donors (Lipinski definition) is 2. The van der Waals surface area contributed by atoms with Gasteiger partial charge >= 0.3 is 6.18 Å². The summed E-state index contributed by atoms with van der Waals surface area (Å²) in [4.78, 5) is 25.3. The number of aromatic nitrogens is 4. The van der Waals surface area contributed by atoms with Crippen molar-refractivity contribution in [2.24, 2.45) is 0 Å². The van der Waals surface area contributed by atoms with Crippen molar-refractivity contribution in [2.45, 2.75) is 57.3 Å². The van der Waals surface area contributed by atoms with Gasteiger partial charge in [-0.1, -0.05) is 6.92 Å². The Bertz CT molecular complexity index is 785. The van der Waals surface area contributed by atoms with Crippen LogP contribution in [-0.4, -0.2) is 50.2 Å². The molecule has 0 aromatic carbocycles. The van der Waals surface area contributed by atoms with E-state index in [1.807, 2.05) is 6.92 Å². The van der Waals surface area contributed by atoms with E-state index in [0.29, 0.717) is 38.1 Å². The molecule has 2 aromatic rings. The first-order chi connectivity index (χ1) is 13.3. The SMILES string of the molecule is CCc1cc(C(=O)N[C@H]2CC[C@H](NCC(F)(F)F)CC2)nc(-n2ccnc2)n1. The van der Waals surface area contributed by atoms with Crippen LogP contribution in [0.2, 0.25) is 0 Å². The Morgan fingerprint density at radius 2 is 1.93 bits per heavy atom. The van der Waals surface area contributed by atoms with E-state index in [4.69, 9.17) is 0 Å². The van der Waals surface area contributed by atoms with Gasteiger partial charge in [0.15, 0.2) is 0 Å². The van der Waals surface area contributed by atoms with Gasteiger partial charge in [-0.25, -0.2) is 15.0 Å². The number of halogens is 3. The standard InChI is InChI=1S/C18H23F3N6O/c1-2-12-9-15(26-17(25-12)27-8-7-22-11-27)16(28)24-14-5-3-13(4-6-14)23-10-18(19,20)21/h7-9,11,13-14,23H,2-6,10H2,1H3,(H,24,28)/t13-,14-. The molecule has 2 heterocycles. The van der Waals surface area contributed by atoms with Crippen LogP contribution in [0.5, 0.6) is 0 Å². The Labute approximate surface area is 160 Å². The Morgan fingerprint density at radius 1 is 1.21 bits per heavy atom. The van der Waals surface area contributed by atoms with Crippen molar-refractivity contribution in [1.29, 1.82) is 0 Å². The quantitative estimate of drug-likeness (QED) is 0.783. The van der Waals surface area contributed by atoms with Gasteiger partial charge in [0, 0.05) is 30.2 Å². The highest BCUT2D eigenvalue weighted by molar-refractivity contribution is 5.92. The van der Waals surface area contributed by atoms with Crippen LogP contribution in [0.3, 0.4) is 0 Å². The molecule has 0 bridgehead atoms. The number of carbonyl (C=O) groups is 1. The molecule has 1 fully saturated rings. The van der Waals surface area contributed by atoms with Crippen molar-refractivity contribution in [3.63, 3.8) is 0 Å². The van der Waals surface area contributed by atoms with Gasteiger partial charge in [0.25, 0.3) is 5.91 Å². The fourth-order valence-electron chi connectivity index (χ4n) is 3.24. The number of carbonyl (C=O) groups excluding carboxylic acids is 1. The molecular weight excluding hydrogens is 373 g/mol. The van der Waals surface area contributed by atoms with Crippen LogP contribution in [0.1, 0.15) is 48.8 Å². The maximum absolute atomic E-state index is 12.7. The lowest BCUT2D eigenvalue weighted by Crippen LogP contribution is -2.44. The van der Waals surface area contributed by atoms with E-state index < -0.39 is 12.7 Å². The summed E-state index contributed by atoms with van der Waals surface area (Å²) in [7, 11) is 0. The molecule has 3 rings (SSSR count). The van der Waals surface area contributed by atoms with Crippen molar-refractivity contribution >= 4 is 5.91 Å². The number of rotatable bonds is 6. The summed E-state index contributed by atoms with van der Waals surface area (Å²) in [6.45, 7) is 0.962. The van der Waals surface area contributed by atoms with Crippen molar-refractivity contribution in [3.05, 3.63) is 36.2 Å². The average Bonchev–Trinajstić information content (AvgIpc) is 3.21. The highest BCUT2D eigenvalue weighted by atomic mass is 19.4. The van der Waals surface area contributed by atoms with Crippen LogP contribution in [0, 0.1) is 0 Å². The van der Waals surface area contributed by atoms with E-state index in [1.54, 1.807) is 29.4 Å². The minimum atomic E-state index is -4.21. The molecule has 1 aliphatic rings. The maximum atomic E-state index is 12.7. The predicted molar refractivity (Wildman–Crippen MR) is 96.1 cm³/mol. The molecule has 0 unspecified atom stereocenters. The minimum Gasteiger partial charge on any atom is -0.348 e. The zero-order valence-corrected chi connectivity index (χ0v) is 15.5. The summed E-state index contributed by atoms with van der Waals surface area (Å²) in [5.74, 6) is 0.0761. The third-order valence-electron chi connectivity index (χ3n) is 4.75. The zero-order valence-electron chi connectivity index (χ0n) is 15.5. The second-order valence-electron chi connectivity index (χ2n) is 6.89. The lowest BCUT2D eigenvalue weighted by Gasteiger charge is -2.30. The summed E-state index contributed by atoms with van der Waals surface area (Å²) in [6, 6.07) is 1.41. The van der Waals surface area contributed by atoms with E-state index in [2.05, 4.69) is 25.6 Å². The number of alkyl halides is 3. The molecule has 2 aromatic heterocycles. The lowest BCUT2D eigenvalue weighted by molar-refractivity contribution is -0.126. The van der Waals surface area contributed by atoms with Gasteiger partial charge in [0.1, 0.15) is 12.0 Å². The highest BCUT2D eigenvalue weighted by Gasteiger charge is 2.30. The summed E-state index contributed by atoms with van der Waals surface area (Å²) in [6.07, 6.45) is 3.74. The lowest BCUT2D eigenvalue weighted by atomic mass is 9.91. The molecule has 0 spiro atoms. The van der Waals surface area contributed by atoms with Gasteiger partial charge in [0.05, 0.1) is 6.54 Å². The van der Waals surface area contributed by atoms with Crippen LogP contribution < -0.4 is 10.6 Å². The normalized spacial score (nSPS) is 20.1. The summed E-state index contributed by atoms with van der Waals surface area (Å²) < 4.78 is 38.6. The van der Waals surface area contributed by atoms with Crippen molar-refractivity contribution in [1.82, 2.24) is 30.2 Å². The molecule has 0 saturated heterocycles. The number of amides is 1. The fraction of sp³-hybridized carbons (Fsp3) is 0.556. The first-order valence-electron chi connectivity index (χ1n) is 9.31. The van der Waals surface area contributed by atoms with Gasteiger partial charge in [-0.3, -0.25) is 9.36 Å². The Kier molecular flexibility index (Phi) is 6.28. The first kappa shape index (κ1) is 20.2. The number of hydrogen-bond acceptors (Lipinski definition) is 5. The van der Waals surface area contributed by atoms with Crippen LogP contribution in [0.15, 0.2) is 24.8 Å². The van der Waals surface area contributed by atoms with Crippen LogP contribution in [0.4, 0.5) is 13.2 Å². The van der Waals surface area contributed by atoms with Crippen molar-refractivity contribution < 1.29 is 18.0 Å². The van der Waals surface area contributed by atoms with Gasteiger partial charge in [-0.05, 0) is 38.2 Å². The van der Waals surface area contributed by atoms with E-state index >= 15 is 0 Å². The maximum Gasteiger partial charge on any atom is 0.401 e. The molecule has 1 amide bonds. The fourth-order valence-corrected chi connectivity index (χ4v) is 3.24. The molecule has 2 N–H and O–H groups in total. The van der Waals surface area contributed by atoms with E-state index in [0.717, 1.165) is 5.69 Å². The molecule has 0 aliphatic heterocycles. The topological polar surface area (TPSA) is 84.7 Å². The van der Waals surface area contributed by atoms with Crippen molar-refractivity contribution in [2.75, 3.05) is 6.54 Å². The molecule has 0 radical (unpaired) electrons. The third-order valence-corrected chi connectivity index (χ3v) is 4.75. The second kappa shape index (κ2) is 8.68. The Morgan fingerprint density at radius 3 is 2.54 bits per heavy atom. The summed E-state index contributed by atoms with van der Waals surface area (Å²) in [5.41, 5.74) is 1.01. The van der Waals surface area contributed by atoms with Crippen LogP contribution >= 0.6 is 0 Å². The number of aryl methyl sites for hydroxylation is 1. The van der Waals surface area contributed by atoms with Gasteiger partial charge in [0.2, 0.25) is 5.95 Å². The molecule has 28 heavy (non-hydrogen) atoms. The van der Waals surface area contributed by atoms with Gasteiger partial charge in [-0.15, -0.1) is 0 Å². The largest absolute Gasteiger partial charge is 0.401 e. The van der Waals surface area contributed by atoms with E-state index in [-0.39, 0.29) is 23.7 Å². The minimum absolute atomic E-state index is 0.0758. The molecular formula is C18H23F3N6O. The molecule has 152 valence electrons. The van der Waals surface area contributed by atoms with E-state index in [9.17, 15) is 18.0 Å². The average molecular weight is 396 g/mol.